The van der Waals surface area contributed by atoms with Gasteiger partial charge in [0.2, 0.25) is 0 Å². The van der Waals surface area contributed by atoms with Crippen LogP contribution < -0.4 is 0 Å². The first-order valence-electron chi connectivity index (χ1n) is 4.60. The van der Waals surface area contributed by atoms with Gasteiger partial charge in [0.15, 0.2) is 5.57 Å². The van der Waals surface area contributed by atoms with Crippen LogP contribution >= 0.6 is 0 Å². The summed E-state index contributed by atoms with van der Waals surface area (Å²) < 4.78 is 74.5. The summed E-state index contributed by atoms with van der Waals surface area (Å²) >= 11 is 0. The van der Waals surface area contributed by atoms with Crippen molar-refractivity contribution in [2.45, 2.75) is 12.4 Å². The van der Waals surface area contributed by atoms with Gasteiger partial charge in [0, 0.05) is 26.2 Å². The number of nitrogens with zero attached hydrogens (tertiary/aromatic N) is 2. The molecule has 0 atom stereocenters. The maximum atomic E-state index is 12.4. The number of rotatable bonds is 2. The van der Waals surface area contributed by atoms with Crippen LogP contribution in [0.4, 0.5) is 26.3 Å². The maximum Gasteiger partial charge on any atom is 0.424 e. The van der Waals surface area contributed by atoms with Crippen LogP contribution in [0.2, 0.25) is 0 Å². The molecule has 0 aromatic rings. The van der Waals surface area contributed by atoms with Crippen molar-refractivity contribution >= 4 is 0 Å². The van der Waals surface area contributed by atoms with Crippen LogP contribution in [-0.2, 0) is 0 Å². The molecule has 16 heavy (non-hydrogen) atoms. The van der Waals surface area contributed by atoms with E-state index in [4.69, 9.17) is 0 Å². The highest BCUT2D eigenvalue weighted by Gasteiger charge is 2.56. The summed E-state index contributed by atoms with van der Waals surface area (Å²) in [5.41, 5.74) is -2.38. The lowest BCUT2D eigenvalue weighted by Crippen LogP contribution is -2.32. The first-order valence-corrected chi connectivity index (χ1v) is 4.60. The van der Waals surface area contributed by atoms with Crippen LogP contribution in [-0.4, -0.2) is 48.3 Å². The second-order valence-electron chi connectivity index (χ2n) is 3.67. The fourth-order valence-electron chi connectivity index (χ4n) is 1.45. The SMILES string of the molecule is FC(F)(F)C(=C(N1CC1)N1CC1)C(F)(F)F. The molecule has 0 aromatic carbocycles. The Kier molecular flexibility index (Phi) is 2.29. The Hall–Kier alpha value is -1.08. The van der Waals surface area contributed by atoms with Crippen LogP contribution in [0.5, 0.6) is 0 Å². The number of halogens is 6. The summed E-state index contributed by atoms with van der Waals surface area (Å²) in [6.07, 6.45) is -10.7. The molecule has 2 aliphatic heterocycles. The van der Waals surface area contributed by atoms with E-state index in [1.165, 1.54) is 0 Å². The van der Waals surface area contributed by atoms with Crippen molar-refractivity contribution in [1.29, 1.82) is 0 Å². The van der Waals surface area contributed by atoms with Crippen LogP contribution in [0.1, 0.15) is 0 Å². The van der Waals surface area contributed by atoms with Gasteiger partial charge in [-0.2, -0.15) is 26.3 Å². The lowest BCUT2D eigenvalue weighted by molar-refractivity contribution is -0.175. The molecule has 8 heteroatoms. The Morgan fingerprint density at radius 2 is 1.00 bits per heavy atom. The molecule has 2 saturated heterocycles. The Bertz CT molecular complexity index is 290. The zero-order valence-electron chi connectivity index (χ0n) is 7.99. The van der Waals surface area contributed by atoms with Gasteiger partial charge < -0.3 is 9.80 Å². The molecule has 0 aliphatic carbocycles. The first-order chi connectivity index (χ1) is 7.21. The van der Waals surface area contributed by atoms with Gasteiger partial charge in [0.1, 0.15) is 5.82 Å². The molecule has 2 rings (SSSR count). The Labute approximate surface area is 87.1 Å². The molecule has 0 N–H and O–H groups in total. The summed E-state index contributed by atoms with van der Waals surface area (Å²) in [6, 6.07) is 0. The average Bonchev–Trinajstić information content (AvgIpc) is 2.91. The van der Waals surface area contributed by atoms with Gasteiger partial charge >= 0.3 is 12.4 Å². The predicted molar refractivity (Wildman–Crippen MR) is 42.3 cm³/mol. The number of hydrogen-bond acceptors (Lipinski definition) is 2. The highest BCUT2D eigenvalue weighted by Crippen LogP contribution is 2.44. The molecule has 2 nitrogen and oxygen atoms in total. The molecule has 0 bridgehead atoms. The first kappa shape index (κ1) is 11.4. The minimum atomic E-state index is -5.36. The second-order valence-corrected chi connectivity index (χ2v) is 3.67. The highest BCUT2D eigenvalue weighted by molar-refractivity contribution is 5.26. The van der Waals surface area contributed by atoms with E-state index in [0.29, 0.717) is 0 Å². The van der Waals surface area contributed by atoms with E-state index in [2.05, 4.69) is 0 Å². The van der Waals surface area contributed by atoms with Crippen LogP contribution in [0, 0.1) is 0 Å². The van der Waals surface area contributed by atoms with Crippen molar-refractivity contribution in [3.63, 3.8) is 0 Å². The van der Waals surface area contributed by atoms with Crippen molar-refractivity contribution in [2.75, 3.05) is 26.2 Å². The van der Waals surface area contributed by atoms with E-state index in [1.807, 2.05) is 0 Å². The van der Waals surface area contributed by atoms with E-state index in [9.17, 15) is 26.3 Å². The molecule has 0 saturated carbocycles. The summed E-state index contributed by atoms with van der Waals surface area (Å²) in [6.45, 7) is 1.01. The van der Waals surface area contributed by atoms with Gasteiger partial charge in [-0.05, 0) is 0 Å². The largest absolute Gasteiger partial charge is 0.424 e. The maximum absolute atomic E-state index is 12.4. The zero-order chi connectivity index (χ0) is 12.1. The molecule has 0 spiro atoms. The molecule has 0 amide bonds. The number of alkyl halides is 6. The van der Waals surface area contributed by atoms with Gasteiger partial charge in [-0.25, -0.2) is 0 Å². The van der Waals surface area contributed by atoms with Gasteiger partial charge in [-0.3, -0.25) is 0 Å². The van der Waals surface area contributed by atoms with Crippen LogP contribution in [0.15, 0.2) is 11.4 Å². The number of hydrogen-bond donors (Lipinski definition) is 0. The molecule has 2 fully saturated rings. The fraction of sp³-hybridized carbons (Fsp3) is 0.750. The minimum Gasteiger partial charge on any atom is -0.354 e. The van der Waals surface area contributed by atoms with Crippen molar-refractivity contribution in [3.8, 4) is 0 Å². The predicted octanol–water partition coefficient (Wildman–Crippen LogP) is 1.95. The third kappa shape index (κ3) is 2.19. The van der Waals surface area contributed by atoms with E-state index in [0.717, 1.165) is 9.80 Å². The summed E-state index contributed by atoms with van der Waals surface area (Å²) in [7, 11) is 0. The molecule has 2 heterocycles. The standard InChI is InChI=1S/C8H8F6N2/c9-7(10,11)5(8(12,13)14)6(15-1-2-15)16-3-4-16/h1-4H2. The van der Waals surface area contributed by atoms with Crippen molar-refractivity contribution in [1.82, 2.24) is 9.80 Å². The van der Waals surface area contributed by atoms with E-state index >= 15 is 0 Å². The lowest BCUT2D eigenvalue weighted by atomic mass is 10.2. The molecule has 0 unspecified atom stereocenters. The molecular weight excluding hydrogens is 238 g/mol. The molecule has 2 aliphatic rings. The van der Waals surface area contributed by atoms with Crippen LogP contribution in [0.25, 0.3) is 0 Å². The summed E-state index contributed by atoms with van der Waals surface area (Å²) in [5, 5.41) is 0. The second kappa shape index (κ2) is 3.21. The quantitative estimate of drug-likeness (QED) is 0.542. The normalized spacial score (nSPS) is 19.9. The molecule has 0 aromatic heterocycles. The third-order valence-electron chi connectivity index (χ3n) is 2.28. The van der Waals surface area contributed by atoms with E-state index < -0.39 is 23.7 Å². The Morgan fingerprint density at radius 3 is 1.19 bits per heavy atom. The van der Waals surface area contributed by atoms with E-state index in [1.54, 1.807) is 0 Å². The van der Waals surface area contributed by atoms with Gasteiger partial charge in [0.25, 0.3) is 0 Å². The van der Waals surface area contributed by atoms with Crippen molar-refractivity contribution in [3.05, 3.63) is 11.4 Å². The average molecular weight is 246 g/mol. The van der Waals surface area contributed by atoms with Crippen molar-refractivity contribution in [2.24, 2.45) is 0 Å². The summed E-state index contributed by atoms with van der Waals surface area (Å²) in [5.74, 6) is -0.708. The van der Waals surface area contributed by atoms with Gasteiger partial charge in [0.05, 0.1) is 0 Å². The summed E-state index contributed by atoms with van der Waals surface area (Å²) in [4.78, 5) is 2.17. The van der Waals surface area contributed by atoms with Gasteiger partial charge in [-0.1, -0.05) is 0 Å². The Balaban J connectivity index is 2.45. The molecule has 92 valence electrons. The monoisotopic (exact) mass is 246 g/mol. The van der Waals surface area contributed by atoms with Crippen LogP contribution in [0.3, 0.4) is 0 Å². The fourth-order valence-corrected chi connectivity index (χ4v) is 1.45. The van der Waals surface area contributed by atoms with Gasteiger partial charge in [-0.15, -0.1) is 0 Å². The smallest absolute Gasteiger partial charge is 0.354 e. The Morgan fingerprint density at radius 1 is 0.688 bits per heavy atom. The third-order valence-corrected chi connectivity index (χ3v) is 2.28. The van der Waals surface area contributed by atoms with E-state index in [-0.39, 0.29) is 26.2 Å². The molecule has 0 radical (unpaired) electrons. The lowest BCUT2D eigenvalue weighted by Gasteiger charge is -2.21. The zero-order valence-corrected chi connectivity index (χ0v) is 7.99. The molecular formula is C8H8F6N2. The highest BCUT2D eigenvalue weighted by atomic mass is 19.4. The van der Waals surface area contributed by atoms with Crippen molar-refractivity contribution < 1.29 is 26.3 Å². The minimum absolute atomic E-state index is 0.251. The number of allylic oxidation sites excluding steroid dienone is 1. The topological polar surface area (TPSA) is 6.02 Å².